The Labute approximate surface area is 344 Å². The molecule has 0 aromatic rings. The van der Waals surface area contributed by atoms with E-state index in [9.17, 15) is 9.59 Å². The number of hydrogen-bond acceptors (Lipinski definition) is 8. The number of allylic oxidation sites excluding steroid dienone is 4. The molecule has 0 saturated heterocycles. The van der Waals surface area contributed by atoms with Crippen molar-refractivity contribution < 1.29 is 40.2 Å². The zero-order valence-electron chi connectivity index (χ0n) is 36.4. The van der Waals surface area contributed by atoms with Crippen molar-refractivity contribution in [2.24, 2.45) is 0 Å². The van der Waals surface area contributed by atoms with Crippen LogP contribution in [-0.2, 0) is 9.59 Å². The molecule has 0 radical (unpaired) electrons. The van der Waals surface area contributed by atoms with Crippen LogP contribution >= 0.6 is 0 Å². The van der Waals surface area contributed by atoms with Gasteiger partial charge in [0.2, 0.25) is 0 Å². The number of carboxylic acids is 2. The number of aliphatic carboxylic acids is 2. The highest BCUT2D eigenvalue weighted by Crippen LogP contribution is 2.12. The number of rotatable bonds is 41. The van der Waals surface area contributed by atoms with Crippen molar-refractivity contribution in [1.29, 1.82) is 0 Å². The molecule has 334 valence electrons. The third-order valence-corrected chi connectivity index (χ3v) is 9.44. The van der Waals surface area contributed by atoms with Gasteiger partial charge in [-0.25, -0.2) is 0 Å². The van der Waals surface area contributed by atoms with Gasteiger partial charge in [0.1, 0.15) is 0 Å². The zero-order valence-corrected chi connectivity index (χ0v) is 36.4. The summed E-state index contributed by atoms with van der Waals surface area (Å²) in [4.78, 5) is 19.3. The first kappa shape index (κ1) is 58.5. The Kier molecular flexibility index (Phi) is 55.6. The first-order valence-electron chi connectivity index (χ1n) is 23.0. The molecule has 8 N–H and O–H groups in total. The molecular formula is C46H92N2O8. The number of carbonyl (C=O) groups is 2. The Morgan fingerprint density at radius 3 is 0.857 bits per heavy atom. The predicted octanol–water partition coefficient (Wildman–Crippen LogP) is 10.6. The summed E-state index contributed by atoms with van der Waals surface area (Å²) >= 11 is 0. The molecule has 56 heavy (non-hydrogen) atoms. The third-order valence-electron chi connectivity index (χ3n) is 9.44. The van der Waals surface area contributed by atoms with Gasteiger partial charge in [0.05, 0.1) is 12.8 Å². The summed E-state index contributed by atoms with van der Waals surface area (Å²) in [5.41, 5.74) is 0. The number of carboxylic acid groups (broad SMARTS) is 2. The lowest BCUT2D eigenvalue weighted by molar-refractivity contribution is -0.143. The van der Waals surface area contributed by atoms with Crippen molar-refractivity contribution in [1.82, 2.24) is 10.6 Å². The number of aliphatic hydroxyl groups excluding tert-OH is 2. The fourth-order valence-electron chi connectivity index (χ4n) is 6.02. The summed E-state index contributed by atoms with van der Waals surface area (Å²) in [5.74, 6) is -2.15. The molecule has 0 fully saturated rings. The fourth-order valence-corrected chi connectivity index (χ4v) is 6.02. The van der Waals surface area contributed by atoms with Crippen LogP contribution in [0.25, 0.3) is 0 Å². The lowest BCUT2D eigenvalue weighted by Gasteiger charge is -2.05. The molecule has 0 spiro atoms. The normalized spacial score (nSPS) is 11.4. The van der Waals surface area contributed by atoms with E-state index in [1.54, 1.807) is 0 Å². The molecule has 10 nitrogen and oxygen atoms in total. The van der Waals surface area contributed by atoms with E-state index in [2.05, 4.69) is 48.8 Å². The van der Waals surface area contributed by atoms with Crippen molar-refractivity contribution in [2.75, 3.05) is 26.2 Å². The molecule has 10 heteroatoms. The fraction of sp³-hybridized carbons (Fsp3) is 0.870. The highest BCUT2D eigenvalue weighted by Gasteiger charge is 2.01. The van der Waals surface area contributed by atoms with Crippen molar-refractivity contribution in [2.45, 2.75) is 232 Å². The molecule has 0 aliphatic rings. The van der Waals surface area contributed by atoms with E-state index in [0.717, 1.165) is 25.9 Å². The van der Waals surface area contributed by atoms with Crippen LogP contribution in [0.4, 0.5) is 0 Å². The van der Waals surface area contributed by atoms with Gasteiger partial charge in [-0.3, -0.25) is 9.59 Å². The Balaban J connectivity index is -0.000000839. The second kappa shape index (κ2) is 53.2. The summed E-state index contributed by atoms with van der Waals surface area (Å²) in [5, 5.41) is 56.6. The maximum atomic E-state index is 9.64. The van der Waals surface area contributed by atoms with E-state index in [0.29, 0.717) is 0 Å². The minimum absolute atomic E-state index is 0.284. The maximum Gasteiger partial charge on any atom is 0.303 e. The number of unbranched alkanes of at least 4 members (excludes halogenated alkanes) is 26. The quantitative estimate of drug-likeness (QED) is 0.0168. The van der Waals surface area contributed by atoms with Gasteiger partial charge in [-0.2, -0.15) is 0 Å². The van der Waals surface area contributed by atoms with Crippen molar-refractivity contribution in [3.8, 4) is 0 Å². The molecule has 0 aromatic heterocycles. The zero-order chi connectivity index (χ0) is 42.0. The van der Waals surface area contributed by atoms with Crippen molar-refractivity contribution >= 4 is 11.9 Å². The molecule has 0 heterocycles. The molecule has 0 aliphatic heterocycles. The summed E-state index contributed by atoms with van der Waals surface area (Å²) in [6, 6.07) is 0. The lowest BCUT2D eigenvalue weighted by atomic mass is 10.1. The van der Waals surface area contributed by atoms with Gasteiger partial charge in [0.15, 0.2) is 12.6 Å². The summed E-state index contributed by atoms with van der Waals surface area (Å²) in [6.07, 6.45) is 46.4. The van der Waals surface area contributed by atoms with Gasteiger partial charge in [-0.05, 0) is 77.3 Å². The summed E-state index contributed by atoms with van der Waals surface area (Å²) < 4.78 is 0. The molecule has 0 saturated carbocycles. The number of hydrogen-bond donors (Lipinski definition) is 8. The minimum Gasteiger partial charge on any atom is -0.481 e. The Bertz CT molecular complexity index is 757. The third kappa shape index (κ3) is 67.0. The predicted molar refractivity (Wildman–Crippen MR) is 235 cm³/mol. The van der Waals surface area contributed by atoms with E-state index < -0.39 is 24.5 Å². The smallest absolute Gasteiger partial charge is 0.303 e. The summed E-state index contributed by atoms with van der Waals surface area (Å²) in [6.45, 7) is 6.89. The molecule has 0 amide bonds. The van der Waals surface area contributed by atoms with Crippen LogP contribution in [0.3, 0.4) is 0 Å². The van der Waals surface area contributed by atoms with Crippen molar-refractivity contribution in [3.05, 3.63) is 24.3 Å². The number of nitrogens with one attached hydrogen (secondary N) is 2. The van der Waals surface area contributed by atoms with Crippen LogP contribution in [0.1, 0.15) is 219 Å². The van der Waals surface area contributed by atoms with Crippen LogP contribution in [-0.4, -0.2) is 81.3 Å². The highest BCUT2D eigenvalue weighted by atomic mass is 16.5. The van der Waals surface area contributed by atoms with E-state index in [1.807, 2.05) is 0 Å². The second-order valence-electron chi connectivity index (χ2n) is 15.2. The van der Waals surface area contributed by atoms with Gasteiger partial charge in [0, 0.05) is 13.1 Å². The maximum absolute atomic E-state index is 9.64. The van der Waals surface area contributed by atoms with Crippen LogP contribution in [0.5, 0.6) is 0 Å². The van der Waals surface area contributed by atoms with Crippen LogP contribution in [0.15, 0.2) is 24.3 Å². The molecule has 0 bridgehead atoms. The summed E-state index contributed by atoms with van der Waals surface area (Å²) in [7, 11) is 0. The SMILES string of the molecule is CCCCCCCCC=CCCCCCCCCCNCC(O)O.CCCCCCCCC=CCCCCCCCCCNCC(O)O.O=C(O)CCC(=O)O. The second-order valence-corrected chi connectivity index (χ2v) is 15.2. The monoisotopic (exact) mass is 801 g/mol. The van der Waals surface area contributed by atoms with Gasteiger partial charge >= 0.3 is 11.9 Å². The molecule has 0 rings (SSSR count). The largest absolute Gasteiger partial charge is 0.481 e. The topological polar surface area (TPSA) is 180 Å². The minimum atomic E-state index is -1.22. The van der Waals surface area contributed by atoms with Crippen LogP contribution < -0.4 is 10.6 Å². The Morgan fingerprint density at radius 2 is 0.625 bits per heavy atom. The molecule has 0 atom stereocenters. The average Bonchev–Trinajstić information content (AvgIpc) is 3.16. The first-order chi connectivity index (χ1) is 27.2. The van der Waals surface area contributed by atoms with E-state index in [1.165, 1.54) is 180 Å². The molecule has 0 unspecified atom stereocenters. The Hall–Kier alpha value is -1.82. The average molecular weight is 801 g/mol. The van der Waals surface area contributed by atoms with E-state index in [-0.39, 0.29) is 25.9 Å². The highest BCUT2D eigenvalue weighted by molar-refractivity contribution is 5.75. The first-order valence-corrected chi connectivity index (χ1v) is 23.0. The van der Waals surface area contributed by atoms with Crippen LogP contribution in [0.2, 0.25) is 0 Å². The van der Waals surface area contributed by atoms with Gasteiger partial charge in [-0.15, -0.1) is 0 Å². The lowest BCUT2D eigenvalue weighted by Crippen LogP contribution is -2.26. The standard InChI is InChI=1S/2C21H43NO2.C4H6O4/c2*1-2-3-4-5-6-7-8-9-10-11-12-13-14-15-16-17-18-19-22-20-21(23)24;5-3(6)1-2-4(7)8/h2*9-10,21-24H,2-8,11-20H2,1H3;1-2H2,(H,5,6)(H,7,8). The molecule has 0 aromatic carbocycles. The van der Waals surface area contributed by atoms with Crippen molar-refractivity contribution in [3.63, 3.8) is 0 Å². The van der Waals surface area contributed by atoms with E-state index in [4.69, 9.17) is 30.6 Å². The van der Waals surface area contributed by atoms with Crippen LogP contribution in [0, 0.1) is 0 Å². The van der Waals surface area contributed by atoms with Gasteiger partial charge < -0.3 is 41.3 Å². The van der Waals surface area contributed by atoms with Gasteiger partial charge in [-0.1, -0.05) is 167 Å². The van der Waals surface area contributed by atoms with Gasteiger partial charge in [0.25, 0.3) is 0 Å². The molecular weight excluding hydrogens is 709 g/mol. The van der Waals surface area contributed by atoms with E-state index >= 15 is 0 Å². The molecule has 0 aliphatic carbocycles. The number of aliphatic hydroxyl groups is 4. The Morgan fingerprint density at radius 1 is 0.393 bits per heavy atom.